The number of carbonyl (C=O) groups excluding carboxylic acids is 1. The van der Waals surface area contributed by atoms with Gasteiger partial charge in [0.05, 0.1) is 6.04 Å². The summed E-state index contributed by atoms with van der Waals surface area (Å²) in [4.78, 5) is 16.6. The van der Waals surface area contributed by atoms with Crippen LogP contribution in [0.1, 0.15) is 33.1 Å². The molecule has 0 bridgehead atoms. The van der Waals surface area contributed by atoms with Crippen molar-refractivity contribution in [1.82, 2.24) is 5.32 Å². The topological polar surface area (TPSA) is 67.5 Å². The highest BCUT2D eigenvalue weighted by Crippen LogP contribution is 2.31. The molecule has 1 amide bonds. The van der Waals surface area contributed by atoms with Crippen molar-refractivity contribution in [3.8, 4) is 0 Å². The van der Waals surface area contributed by atoms with Gasteiger partial charge in [-0.25, -0.2) is 0 Å². The fourth-order valence-electron chi connectivity index (χ4n) is 3.08. The van der Waals surface area contributed by atoms with Crippen molar-refractivity contribution in [2.24, 2.45) is 10.7 Å². The number of allylic oxidation sites excluding steroid dienone is 3. The number of amides is 1. The number of nitrogens with two attached hydrogens (primary N) is 1. The Morgan fingerprint density at radius 1 is 1.26 bits per heavy atom. The van der Waals surface area contributed by atoms with E-state index in [4.69, 9.17) is 5.73 Å². The quantitative estimate of drug-likeness (QED) is 0.282. The summed E-state index contributed by atoms with van der Waals surface area (Å²) in [6.45, 7) is 3.62. The molecule has 0 saturated carbocycles. The lowest BCUT2D eigenvalue weighted by Crippen LogP contribution is -2.20. The summed E-state index contributed by atoms with van der Waals surface area (Å²) < 4.78 is 0.791. The van der Waals surface area contributed by atoms with Crippen molar-refractivity contribution >= 4 is 40.3 Å². The van der Waals surface area contributed by atoms with Crippen LogP contribution >= 0.6 is 22.6 Å². The number of halogens is 1. The van der Waals surface area contributed by atoms with Gasteiger partial charge in [-0.3, -0.25) is 9.79 Å². The largest absolute Gasteiger partial charge is 0.404 e. The predicted octanol–water partition coefficient (Wildman–Crippen LogP) is 4.55. The minimum Gasteiger partial charge on any atom is -0.404 e. The van der Waals surface area contributed by atoms with Gasteiger partial charge in [0.15, 0.2) is 0 Å². The molecular weight excluding hydrogens is 449 g/mol. The number of nitrogens with zero attached hydrogens (tertiary/aromatic N) is 1. The number of carbonyl (C=O) groups is 1. The summed E-state index contributed by atoms with van der Waals surface area (Å²) >= 11 is 2.14. The van der Waals surface area contributed by atoms with Crippen LogP contribution in [0.25, 0.3) is 5.57 Å². The van der Waals surface area contributed by atoms with Gasteiger partial charge in [-0.2, -0.15) is 0 Å². The van der Waals surface area contributed by atoms with E-state index in [9.17, 15) is 4.79 Å². The van der Waals surface area contributed by atoms with Crippen LogP contribution in [0, 0.1) is 0 Å². The van der Waals surface area contributed by atoms with Gasteiger partial charge < -0.3 is 11.1 Å². The summed E-state index contributed by atoms with van der Waals surface area (Å²) in [6, 6.07) is 15.9. The molecule has 2 aromatic rings. The minimum atomic E-state index is -0.0456. The van der Waals surface area contributed by atoms with Gasteiger partial charge in [0, 0.05) is 18.0 Å². The summed E-state index contributed by atoms with van der Waals surface area (Å²) in [5.41, 5.74) is 10.6. The molecule has 0 aromatic heterocycles. The summed E-state index contributed by atoms with van der Waals surface area (Å²) in [5, 5.41) is 3.08. The van der Waals surface area contributed by atoms with Crippen molar-refractivity contribution < 1.29 is 4.79 Å². The van der Waals surface area contributed by atoms with E-state index in [1.165, 1.54) is 5.56 Å². The molecule has 0 saturated heterocycles. The maximum absolute atomic E-state index is 12.3. The maximum atomic E-state index is 12.3. The first-order chi connectivity index (χ1) is 13.1. The van der Waals surface area contributed by atoms with Crippen LogP contribution in [0.5, 0.6) is 0 Å². The van der Waals surface area contributed by atoms with E-state index in [1.807, 2.05) is 42.5 Å². The number of hydrogen-bond donors (Lipinski definition) is 2. The van der Waals surface area contributed by atoms with Crippen LogP contribution in [0.2, 0.25) is 0 Å². The molecule has 136 valence electrons. The molecule has 0 spiro atoms. The second-order valence-corrected chi connectivity index (χ2v) is 7.23. The first-order valence-electron chi connectivity index (χ1n) is 8.55. The number of fused-ring (bicyclic) bond motifs is 1. The molecule has 0 radical (unpaired) electrons. The van der Waals surface area contributed by atoms with Gasteiger partial charge in [0.2, 0.25) is 0 Å². The average molecular weight is 469 g/mol. The second-order valence-electron chi connectivity index (χ2n) is 6.12. The van der Waals surface area contributed by atoms with E-state index >= 15 is 0 Å². The van der Waals surface area contributed by atoms with Crippen molar-refractivity contribution in [3.63, 3.8) is 0 Å². The monoisotopic (exact) mass is 469 g/mol. The van der Waals surface area contributed by atoms with E-state index in [0.29, 0.717) is 0 Å². The Hall–Kier alpha value is -2.67. The molecule has 0 aliphatic carbocycles. The third-order valence-electron chi connectivity index (χ3n) is 4.35. The molecule has 1 atom stereocenters. The van der Waals surface area contributed by atoms with Crippen LogP contribution in [-0.4, -0.2) is 12.1 Å². The standard InChI is InChI=1S/C22H20IN3O/c1-2-10-25-21(23)13-17(14-24)16-8-9-18-19(12-16)20(26-22(18)27)11-15-6-4-3-5-7-15/h2-10,12-14,20H,1,11,24H2,(H,26,27)/b17-14+,21-13+,25-10?. The molecule has 1 aliphatic heterocycles. The highest BCUT2D eigenvalue weighted by molar-refractivity contribution is 14.1. The fraction of sp³-hybridized carbons (Fsp3) is 0.0909. The first kappa shape index (κ1) is 19.1. The Kier molecular flexibility index (Phi) is 6.24. The predicted molar refractivity (Wildman–Crippen MR) is 120 cm³/mol. The zero-order valence-corrected chi connectivity index (χ0v) is 16.9. The lowest BCUT2D eigenvalue weighted by Gasteiger charge is -2.13. The van der Waals surface area contributed by atoms with E-state index in [-0.39, 0.29) is 11.9 Å². The first-order valence-corrected chi connectivity index (χ1v) is 9.63. The Balaban J connectivity index is 1.92. The minimum absolute atomic E-state index is 0.0311. The molecule has 3 N–H and O–H groups in total. The van der Waals surface area contributed by atoms with E-state index in [2.05, 4.69) is 51.6 Å². The number of rotatable bonds is 6. The lowest BCUT2D eigenvalue weighted by molar-refractivity contribution is 0.0956. The third kappa shape index (κ3) is 4.54. The number of benzene rings is 2. The average Bonchev–Trinajstić information content (AvgIpc) is 3.00. The Morgan fingerprint density at radius 2 is 2.04 bits per heavy atom. The Bertz CT molecular complexity index is 945. The molecule has 1 unspecified atom stereocenters. The smallest absolute Gasteiger partial charge is 0.252 e. The fourth-order valence-corrected chi connectivity index (χ4v) is 3.58. The lowest BCUT2D eigenvalue weighted by atomic mass is 9.94. The van der Waals surface area contributed by atoms with Crippen molar-refractivity contribution in [2.75, 3.05) is 0 Å². The molecule has 1 aliphatic rings. The normalized spacial score (nSPS) is 17.1. The Morgan fingerprint density at radius 3 is 2.74 bits per heavy atom. The molecule has 4 nitrogen and oxygen atoms in total. The van der Waals surface area contributed by atoms with Crippen LogP contribution < -0.4 is 11.1 Å². The van der Waals surface area contributed by atoms with Gasteiger partial charge in [0.25, 0.3) is 5.91 Å². The molecule has 2 aromatic carbocycles. The number of nitrogens with one attached hydrogen (secondary N) is 1. The van der Waals surface area contributed by atoms with Gasteiger partial charge in [0.1, 0.15) is 3.70 Å². The molecule has 0 fully saturated rings. The summed E-state index contributed by atoms with van der Waals surface area (Å²) in [5.74, 6) is -0.0311. The summed E-state index contributed by atoms with van der Waals surface area (Å²) in [7, 11) is 0. The second kappa shape index (κ2) is 8.81. The zero-order chi connectivity index (χ0) is 19.2. The third-order valence-corrected chi connectivity index (χ3v) is 4.94. The number of hydrogen-bond acceptors (Lipinski definition) is 3. The van der Waals surface area contributed by atoms with Crippen molar-refractivity contribution in [3.05, 3.63) is 99.4 Å². The molecular formula is C22H20IN3O. The SMILES string of the molecule is C=CC=N/C(I)=C/C(=C\N)c1ccc2c(c1)C(Cc1ccccc1)NC2=O. The van der Waals surface area contributed by atoms with Gasteiger partial charge in [-0.15, -0.1) is 0 Å². The zero-order valence-electron chi connectivity index (χ0n) is 14.7. The van der Waals surface area contributed by atoms with Crippen LogP contribution in [-0.2, 0) is 6.42 Å². The van der Waals surface area contributed by atoms with Crippen LogP contribution in [0.3, 0.4) is 0 Å². The molecule has 3 rings (SSSR count). The highest BCUT2D eigenvalue weighted by Gasteiger charge is 2.28. The van der Waals surface area contributed by atoms with Crippen molar-refractivity contribution in [1.29, 1.82) is 0 Å². The molecule has 1 heterocycles. The van der Waals surface area contributed by atoms with E-state index in [0.717, 1.165) is 32.4 Å². The molecule has 5 heteroatoms. The van der Waals surface area contributed by atoms with Crippen LogP contribution in [0.15, 0.2) is 82.2 Å². The van der Waals surface area contributed by atoms with Gasteiger partial charge in [-0.1, -0.05) is 49.1 Å². The number of aliphatic imine (C=N–C) groups is 1. The maximum Gasteiger partial charge on any atom is 0.252 e. The molecule has 27 heavy (non-hydrogen) atoms. The van der Waals surface area contributed by atoms with Crippen molar-refractivity contribution in [2.45, 2.75) is 12.5 Å². The van der Waals surface area contributed by atoms with Gasteiger partial charge in [-0.05, 0) is 69.5 Å². The Labute approximate surface area is 172 Å². The van der Waals surface area contributed by atoms with E-state index in [1.54, 1.807) is 18.5 Å². The van der Waals surface area contributed by atoms with Gasteiger partial charge >= 0.3 is 0 Å². The van der Waals surface area contributed by atoms with E-state index < -0.39 is 0 Å². The highest BCUT2D eigenvalue weighted by atomic mass is 127. The summed E-state index contributed by atoms with van der Waals surface area (Å²) in [6.07, 6.45) is 7.47. The van der Waals surface area contributed by atoms with Crippen LogP contribution in [0.4, 0.5) is 0 Å².